The standard InChI is InChI=1S/C25H29Cl2N3O2/c1-14(2)8-11-20-25(18-10-9-17(27)13-19(18)28-24(25)32)21(15-6-5-7-16(26)12-15)22(29-20)23(31)30(3)4/h5-7,9-10,12-14,20-22,29H,8,11H2,1-4H3,(H,28,32)/t20-,21+,22-,25+/m1/s1. The van der Waals surface area contributed by atoms with Gasteiger partial charge in [-0.25, -0.2) is 0 Å². The summed E-state index contributed by atoms with van der Waals surface area (Å²) in [5.41, 5.74) is 1.52. The maximum Gasteiger partial charge on any atom is 0.239 e. The summed E-state index contributed by atoms with van der Waals surface area (Å²) in [5, 5.41) is 7.80. The van der Waals surface area contributed by atoms with E-state index in [0.29, 0.717) is 21.7 Å². The third-order valence-corrected chi connectivity index (χ3v) is 7.22. The van der Waals surface area contributed by atoms with E-state index < -0.39 is 17.4 Å². The van der Waals surface area contributed by atoms with E-state index in [1.165, 1.54) is 0 Å². The quantitative estimate of drug-likeness (QED) is 0.653. The van der Waals surface area contributed by atoms with Gasteiger partial charge in [0.2, 0.25) is 11.8 Å². The second kappa shape index (κ2) is 8.69. The number of nitrogens with one attached hydrogen (secondary N) is 2. The number of halogens is 2. The van der Waals surface area contributed by atoms with Crippen LogP contribution in [0.2, 0.25) is 10.0 Å². The van der Waals surface area contributed by atoms with Gasteiger partial charge in [0.1, 0.15) is 5.41 Å². The van der Waals surface area contributed by atoms with Crippen molar-refractivity contribution in [3.63, 3.8) is 0 Å². The Hall–Kier alpha value is -2.08. The Morgan fingerprint density at radius 3 is 2.50 bits per heavy atom. The molecule has 0 aliphatic carbocycles. The van der Waals surface area contributed by atoms with E-state index in [9.17, 15) is 9.59 Å². The van der Waals surface area contributed by atoms with Crippen LogP contribution >= 0.6 is 23.2 Å². The average molecular weight is 474 g/mol. The van der Waals surface area contributed by atoms with Crippen LogP contribution in [0.5, 0.6) is 0 Å². The van der Waals surface area contributed by atoms with E-state index >= 15 is 0 Å². The number of amides is 2. The molecule has 2 aliphatic rings. The summed E-state index contributed by atoms with van der Waals surface area (Å²) in [7, 11) is 3.49. The summed E-state index contributed by atoms with van der Waals surface area (Å²) in [6.07, 6.45) is 1.70. The lowest BCUT2D eigenvalue weighted by Crippen LogP contribution is -2.48. The first-order chi connectivity index (χ1) is 15.2. The summed E-state index contributed by atoms with van der Waals surface area (Å²) in [6, 6.07) is 12.3. The van der Waals surface area contributed by atoms with Crippen molar-refractivity contribution in [3.05, 3.63) is 63.6 Å². The Kier molecular flexibility index (Phi) is 6.27. The molecule has 2 N–H and O–H groups in total. The number of hydrogen-bond acceptors (Lipinski definition) is 3. The summed E-state index contributed by atoms with van der Waals surface area (Å²) in [4.78, 5) is 28.9. The molecule has 2 amide bonds. The molecular weight excluding hydrogens is 445 g/mol. The molecule has 0 radical (unpaired) electrons. The van der Waals surface area contributed by atoms with Crippen LogP contribution < -0.4 is 10.6 Å². The molecule has 0 unspecified atom stereocenters. The smallest absolute Gasteiger partial charge is 0.239 e. The minimum absolute atomic E-state index is 0.0587. The zero-order chi connectivity index (χ0) is 23.2. The van der Waals surface area contributed by atoms with Crippen LogP contribution in [-0.2, 0) is 15.0 Å². The predicted molar refractivity (Wildman–Crippen MR) is 129 cm³/mol. The van der Waals surface area contributed by atoms with Crippen molar-refractivity contribution >= 4 is 40.7 Å². The number of hydrogen-bond donors (Lipinski definition) is 2. The third kappa shape index (κ3) is 3.70. The van der Waals surface area contributed by atoms with E-state index in [0.717, 1.165) is 24.0 Å². The third-order valence-electron chi connectivity index (χ3n) is 6.75. The van der Waals surface area contributed by atoms with Gasteiger partial charge >= 0.3 is 0 Å². The first-order valence-electron chi connectivity index (χ1n) is 11.0. The lowest BCUT2D eigenvalue weighted by Gasteiger charge is -2.36. The summed E-state index contributed by atoms with van der Waals surface area (Å²) < 4.78 is 0. The fourth-order valence-electron chi connectivity index (χ4n) is 5.37. The molecule has 170 valence electrons. The van der Waals surface area contributed by atoms with Crippen LogP contribution in [0.4, 0.5) is 5.69 Å². The predicted octanol–water partition coefficient (Wildman–Crippen LogP) is 4.83. The van der Waals surface area contributed by atoms with Crippen LogP contribution in [0.25, 0.3) is 0 Å². The van der Waals surface area contributed by atoms with Crippen molar-refractivity contribution in [1.82, 2.24) is 10.2 Å². The van der Waals surface area contributed by atoms with Crippen molar-refractivity contribution in [3.8, 4) is 0 Å². The SMILES string of the molecule is CC(C)CC[C@H]1N[C@@H](C(=O)N(C)C)[C@H](c2cccc(Cl)c2)[C@@]12C(=O)Nc1cc(Cl)ccc12. The molecule has 1 saturated heterocycles. The van der Waals surface area contributed by atoms with Crippen LogP contribution in [0.1, 0.15) is 43.7 Å². The zero-order valence-electron chi connectivity index (χ0n) is 18.8. The van der Waals surface area contributed by atoms with Gasteiger partial charge in [0.15, 0.2) is 0 Å². The number of benzene rings is 2. The second-order valence-corrected chi connectivity index (χ2v) is 10.3. The van der Waals surface area contributed by atoms with E-state index in [1.807, 2.05) is 36.4 Å². The lowest BCUT2D eigenvalue weighted by atomic mass is 9.64. The molecule has 7 heteroatoms. The minimum atomic E-state index is -0.949. The van der Waals surface area contributed by atoms with E-state index in [2.05, 4.69) is 24.5 Å². The number of anilines is 1. The Morgan fingerprint density at radius 1 is 1.12 bits per heavy atom. The zero-order valence-corrected chi connectivity index (χ0v) is 20.3. The molecule has 2 aliphatic heterocycles. The normalized spacial score (nSPS) is 26.5. The Labute approximate surface area is 199 Å². The Bertz CT molecular complexity index is 1060. The minimum Gasteiger partial charge on any atom is -0.347 e. The van der Waals surface area contributed by atoms with E-state index in [4.69, 9.17) is 23.2 Å². The molecule has 1 spiro atoms. The molecule has 2 aromatic carbocycles. The molecule has 4 rings (SSSR count). The highest BCUT2D eigenvalue weighted by molar-refractivity contribution is 6.31. The van der Waals surface area contributed by atoms with Gasteiger partial charge in [-0.2, -0.15) is 0 Å². The van der Waals surface area contributed by atoms with E-state index in [-0.39, 0.29) is 17.9 Å². The molecule has 4 atom stereocenters. The average Bonchev–Trinajstić information content (AvgIpc) is 3.21. The summed E-state index contributed by atoms with van der Waals surface area (Å²) in [6.45, 7) is 4.34. The highest BCUT2D eigenvalue weighted by Crippen LogP contribution is 2.56. The number of rotatable bonds is 5. The van der Waals surface area contributed by atoms with Crippen molar-refractivity contribution in [1.29, 1.82) is 0 Å². The molecule has 2 heterocycles. The summed E-state index contributed by atoms with van der Waals surface area (Å²) >= 11 is 12.6. The van der Waals surface area contributed by atoms with Crippen molar-refractivity contribution in [2.24, 2.45) is 5.92 Å². The van der Waals surface area contributed by atoms with Gasteiger partial charge in [0.05, 0.1) is 6.04 Å². The first kappa shape index (κ1) is 23.1. The fraction of sp³-hybridized carbons (Fsp3) is 0.440. The maximum absolute atomic E-state index is 13.9. The number of carbonyl (C=O) groups is 2. The van der Waals surface area contributed by atoms with Gasteiger partial charge in [-0.15, -0.1) is 0 Å². The van der Waals surface area contributed by atoms with Crippen molar-refractivity contribution in [2.75, 3.05) is 19.4 Å². The molecule has 5 nitrogen and oxygen atoms in total. The highest BCUT2D eigenvalue weighted by atomic mass is 35.5. The number of fused-ring (bicyclic) bond motifs is 2. The Balaban J connectivity index is 1.96. The molecular formula is C25H29Cl2N3O2. The monoisotopic (exact) mass is 473 g/mol. The summed E-state index contributed by atoms with van der Waals surface area (Å²) in [5.74, 6) is -0.112. The fourth-order valence-corrected chi connectivity index (χ4v) is 5.74. The van der Waals surface area contributed by atoms with Crippen molar-refractivity contribution < 1.29 is 9.59 Å². The van der Waals surface area contributed by atoms with Gasteiger partial charge in [-0.05, 0) is 54.2 Å². The first-order valence-corrected chi connectivity index (χ1v) is 11.8. The van der Waals surface area contributed by atoms with Gasteiger partial charge < -0.3 is 15.5 Å². The lowest BCUT2D eigenvalue weighted by molar-refractivity contribution is -0.131. The van der Waals surface area contributed by atoms with Gasteiger partial charge in [-0.1, -0.05) is 55.2 Å². The number of carbonyl (C=O) groups excluding carboxylic acids is 2. The number of likely N-dealkylation sites (N-methyl/N-ethyl adjacent to an activating group) is 1. The van der Waals surface area contributed by atoms with Crippen molar-refractivity contribution in [2.45, 2.75) is 50.1 Å². The molecule has 32 heavy (non-hydrogen) atoms. The van der Waals surface area contributed by atoms with Crippen LogP contribution in [-0.4, -0.2) is 42.9 Å². The number of nitrogens with zero attached hydrogens (tertiary/aromatic N) is 1. The van der Waals surface area contributed by atoms with E-state index in [1.54, 1.807) is 25.1 Å². The Morgan fingerprint density at radius 2 is 1.84 bits per heavy atom. The van der Waals surface area contributed by atoms with Crippen LogP contribution in [0, 0.1) is 5.92 Å². The van der Waals surface area contributed by atoms with Gasteiger partial charge in [0, 0.05) is 41.8 Å². The molecule has 2 aromatic rings. The van der Waals surface area contributed by atoms with Crippen LogP contribution in [0.15, 0.2) is 42.5 Å². The highest BCUT2D eigenvalue weighted by Gasteiger charge is 2.65. The largest absolute Gasteiger partial charge is 0.347 e. The van der Waals surface area contributed by atoms with Gasteiger partial charge in [0.25, 0.3) is 0 Å². The topological polar surface area (TPSA) is 61.4 Å². The molecule has 0 bridgehead atoms. The maximum atomic E-state index is 13.9. The second-order valence-electron chi connectivity index (χ2n) is 9.45. The van der Waals surface area contributed by atoms with Gasteiger partial charge in [-0.3, -0.25) is 9.59 Å². The molecule has 0 saturated carbocycles. The van der Waals surface area contributed by atoms with Crippen LogP contribution in [0.3, 0.4) is 0 Å². The molecule has 0 aromatic heterocycles. The molecule has 1 fully saturated rings.